The van der Waals surface area contributed by atoms with E-state index in [1.165, 1.54) is 25.7 Å². The Hall–Kier alpha value is -0.640. The Morgan fingerprint density at radius 3 is 2.65 bits per heavy atom. The molecule has 10 atom stereocenters. The molecule has 0 amide bonds. The third kappa shape index (κ3) is 3.32. The van der Waals surface area contributed by atoms with Gasteiger partial charge < -0.3 is 15.5 Å². The third-order valence-electron chi connectivity index (χ3n) is 11.2. The zero-order valence-electron chi connectivity index (χ0n) is 20.5. The molecule has 31 heavy (non-hydrogen) atoms. The van der Waals surface area contributed by atoms with Crippen LogP contribution in [0, 0.1) is 40.4 Å². The number of allylic oxidation sites excluding steroid dienone is 3. The second-order valence-electron chi connectivity index (χ2n) is 12.6. The third-order valence-corrected chi connectivity index (χ3v) is 11.2. The minimum absolute atomic E-state index is 0.123. The number of aliphatic hydroxyl groups is 2. The average Bonchev–Trinajstić information content (AvgIpc) is 3.11. The summed E-state index contributed by atoms with van der Waals surface area (Å²) in [5, 5.41) is 24.9. The maximum atomic E-state index is 10.9. The first-order valence-corrected chi connectivity index (χ1v) is 13.1. The summed E-state index contributed by atoms with van der Waals surface area (Å²) in [6, 6.07) is 0.211. The van der Waals surface area contributed by atoms with Crippen LogP contribution in [0.25, 0.3) is 0 Å². The number of hydrogen-bond acceptors (Lipinski definition) is 3. The lowest BCUT2D eigenvalue weighted by molar-refractivity contribution is 0.0175. The van der Waals surface area contributed by atoms with Crippen LogP contribution in [-0.4, -0.2) is 35.0 Å². The predicted octanol–water partition coefficient (Wildman–Crippen LogP) is 5.23. The monoisotopic (exact) mass is 427 g/mol. The highest BCUT2D eigenvalue weighted by Crippen LogP contribution is 2.65. The van der Waals surface area contributed by atoms with E-state index in [0.717, 1.165) is 50.0 Å². The number of fused-ring (bicyclic) bond motifs is 5. The second-order valence-corrected chi connectivity index (χ2v) is 12.6. The van der Waals surface area contributed by atoms with E-state index in [0.29, 0.717) is 17.3 Å². The molecular weight excluding hydrogens is 382 g/mol. The van der Waals surface area contributed by atoms with Crippen molar-refractivity contribution in [1.29, 1.82) is 0 Å². The van der Waals surface area contributed by atoms with Crippen molar-refractivity contribution in [1.82, 2.24) is 5.32 Å². The van der Waals surface area contributed by atoms with Crippen LogP contribution < -0.4 is 5.32 Å². The molecule has 0 aromatic rings. The Bertz CT molecular complexity index is 786. The van der Waals surface area contributed by atoms with E-state index in [2.05, 4.69) is 46.0 Å². The molecule has 10 unspecified atom stereocenters. The lowest BCUT2D eigenvalue weighted by Gasteiger charge is -2.50. The van der Waals surface area contributed by atoms with E-state index >= 15 is 0 Å². The Morgan fingerprint density at radius 2 is 1.90 bits per heavy atom. The first kappa shape index (κ1) is 22.2. The van der Waals surface area contributed by atoms with Gasteiger partial charge in [-0.2, -0.15) is 0 Å². The van der Waals surface area contributed by atoms with Gasteiger partial charge in [-0.3, -0.25) is 0 Å². The first-order valence-electron chi connectivity index (χ1n) is 13.1. The molecule has 1 aliphatic heterocycles. The van der Waals surface area contributed by atoms with E-state index in [4.69, 9.17) is 0 Å². The Morgan fingerprint density at radius 1 is 1.13 bits per heavy atom. The maximum Gasteiger partial charge on any atom is 0.0699 e. The molecule has 0 radical (unpaired) electrons. The zero-order chi connectivity index (χ0) is 22.1. The molecule has 1 saturated heterocycles. The van der Waals surface area contributed by atoms with Crippen LogP contribution in [0.15, 0.2) is 22.8 Å². The van der Waals surface area contributed by atoms with Crippen molar-refractivity contribution in [3.05, 3.63) is 22.8 Å². The maximum absolute atomic E-state index is 10.9. The van der Waals surface area contributed by atoms with Crippen molar-refractivity contribution in [2.45, 2.75) is 104 Å². The average molecular weight is 428 g/mol. The zero-order valence-corrected chi connectivity index (χ0v) is 20.5. The lowest BCUT2D eigenvalue weighted by atomic mass is 9.56. The molecule has 0 bridgehead atoms. The van der Waals surface area contributed by atoms with Crippen molar-refractivity contribution in [3.63, 3.8) is 0 Å². The molecule has 3 fully saturated rings. The van der Waals surface area contributed by atoms with Gasteiger partial charge in [-0.05, 0) is 105 Å². The summed E-state index contributed by atoms with van der Waals surface area (Å²) >= 11 is 0. The minimum atomic E-state index is -0.225. The number of aliphatic hydroxyl groups excluding tert-OH is 2. The minimum Gasteiger partial charge on any atom is -0.393 e. The van der Waals surface area contributed by atoms with Crippen molar-refractivity contribution in [2.24, 2.45) is 40.4 Å². The van der Waals surface area contributed by atoms with Gasteiger partial charge in [0.15, 0.2) is 0 Å². The van der Waals surface area contributed by atoms with E-state index in [1.54, 1.807) is 16.7 Å². The fraction of sp³-hybridized carbons (Fsp3) is 0.857. The van der Waals surface area contributed by atoms with E-state index in [-0.39, 0.29) is 23.7 Å². The quantitative estimate of drug-likeness (QED) is 0.529. The van der Waals surface area contributed by atoms with Gasteiger partial charge in [0.2, 0.25) is 0 Å². The summed E-state index contributed by atoms with van der Waals surface area (Å²) in [6.45, 7) is 13.1. The normalized spacial score (nSPS) is 50.9. The van der Waals surface area contributed by atoms with Crippen molar-refractivity contribution < 1.29 is 10.2 Å². The van der Waals surface area contributed by atoms with Gasteiger partial charge in [-0.25, -0.2) is 0 Å². The van der Waals surface area contributed by atoms with Crippen molar-refractivity contribution >= 4 is 0 Å². The molecule has 4 aliphatic carbocycles. The number of piperidine rings is 1. The molecule has 5 rings (SSSR count). The Kier molecular flexibility index (Phi) is 5.51. The van der Waals surface area contributed by atoms with Crippen molar-refractivity contribution in [3.8, 4) is 0 Å². The fourth-order valence-corrected chi connectivity index (χ4v) is 8.76. The molecule has 174 valence electrons. The van der Waals surface area contributed by atoms with Crippen LogP contribution in [0.4, 0.5) is 0 Å². The molecule has 2 saturated carbocycles. The van der Waals surface area contributed by atoms with E-state index in [1.807, 2.05) is 0 Å². The van der Waals surface area contributed by atoms with E-state index < -0.39 is 0 Å². The lowest BCUT2D eigenvalue weighted by Crippen LogP contribution is -2.55. The standard InChI is InChI=1S/C28H45NO2/c1-16-12-25(31)26(29-15-16)18(3)27(4)11-9-21-22-7-6-19-13-20(30)8-10-28(19,5)24(22)14-23(21)17(27)2/h6,16,18,20-22,24-26,29-31H,7-15H2,1-5H3. The number of rotatable bonds is 2. The summed E-state index contributed by atoms with van der Waals surface area (Å²) < 4.78 is 0. The van der Waals surface area contributed by atoms with Crippen LogP contribution in [-0.2, 0) is 0 Å². The molecule has 5 aliphatic rings. The smallest absolute Gasteiger partial charge is 0.0699 e. The Labute approximate surface area is 189 Å². The van der Waals surface area contributed by atoms with Gasteiger partial charge in [0.1, 0.15) is 0 Å². The predicted molar refractivity (Wildman–Crippen MR) is 127 cm³/mol. The largest absolute Gasteiger partial charge is 0.393 e. The van der Waals surface area contributed by atoms with Crippen LogP contribution in [0.3, 0.4) is 0 Å². The Balaban J connectivity index is 1.43. The van der Waals surface area contributed by atoms with Gasteiger partial charge >= 0.3 is 0 Å². The van der Waals surface area contributed by atoms with Gasteiger partial charge in [0, 0.05) is 6.04 Å². The van der Waals surface area contributed by atoms with Gasteiger partial charge in [-0.15, -0.1) is 0 Å². The summed E-state index contributed by atoms with van der Waals surface area (Å²) in [5.74, 6) is 3.33. The number of hydrogen-bond donors (Lipinski definition) is 3. The van der Waals surface area contributed by atoms with Gasteiger partial charge in [0.05, 0.1) is 12.2 Å². The molecule has 3 nitrogen and oxygen atoms in total. The summed E-state index contributed by atoms with van der Waals surface area (Å²) in [7, 11) is 0. The summed E-state index contributed by atoms with van der Waals surface area (Å²) in [4.78, 5) is 0. The molecule has 3 N–H and O–H groups in total. The molecule has 0 aromatic heterocycles. The fourth-order valence-electron chi connectivity index (χ4n) is 8.76. The summed E-state index contributed by atoms with van der Waals surface area (Å²) in [6.07, 6.45) is 11.2. The molecule has 3 heteroatoms. The second kappa shape index (κ2) is 7.71. The molecular formula is C28H45NO2. The van der Waals surface area contributed by atoms with Crippen LogP contribution >= 0.6 is 0 Å². The molecule has 0 aromatic carbocycles. The van der Waals surface area contributed by atoms with E-state index in [9.17, 15) is 10.2 Å². The van der Waals surface area contributed by atoms with Gasteiger partial charge in [-0.1, -0.05) is 50.5 Å². The van der Waals surface area contributed by atoms with Crippen LogP contribution in [0.5, 0.6) is 0 Å². The summed E-state index contributed by atoms with van der Waals surface area (Å²) in [5.41, 5.74) is 5.46. The highest BCUT2D eigenvalue weighted by atomic mass is 16.3. The van der Waals surface area contributed by atoms with Crippen molar-refractivity contribution in [2.75, 3.05) is 6.54 Å². The number of nitrogens with one attached hydrogen (secondary N) is 1. The van der Waals surface area contributed by atoms with Crippen LogP contribution in [0.2, 0.25) is 0 Å². The van der Waals surface area contributed by atoms with Crippen LogP contribution in [0.1, 0.15) is 86.0 Å². The SMILES string of the molecule is CC1=C2CC3C(CC=C4CC(O)CCC43C)C2CCC1(C)C(C)C1NCC(C)CC1O. The topological polar surface area (TPSA) is 52.5 Å². The molecule has 1 heterocycles. The first-order chi connectivity index (χ1) is 14.6. The highest BCUT2D eigenvalue weighted by molar-refractivity contribution is 5.36. The highest BCUT2D eigenvalue weighted by Gasteiger charge is 2.56. The van der Waals surface area contributed by atoms with Gasteiger partial charge in [0.25, 0.3) is 0 Å². The molecule has 0 spiro atoms.